The molecule has 2 aliphatic rings. The molecule has 3 N–H and O–H groups in total. The highest BCUT2D eigenvalue weighted by Crippen LogP contribution is 2.34. The Morgan fingerprint density at radius 3 is 3.24 bits per heavy atom. The maximum absolute atomic E-state index is 12.1. The zero-order chi connectivity index (χ0) is 17.1. The minimum Gasteiger partial charge on any atom is -0.490 e. The number of nitrogens with one attached hydrogen (secondary N) is 3. The van der Waals surface area contributed by atoms with Gasteiger partial charge in [0, 0.05) is 17.6 Å². The Morgan fingerprint density at radius 2 is 2.44 bits per heavy atom. The number of carbonyl (C=O) groups is 1. The topological polar surface area (TPSA) is 82.3 Å². The Kier molecular flexibility index (Phi) is 4.51. The molecule has 130 valence electrons. The number of urea groups is 1. The lowest BCUT2D eigenvalue weighted by Crippen LogP contribution is -2.37. The average Bonchev–Trinajstić information content (AvgIpc) is 3.29. The quantitative estimate of drug-likeness (QED) is 0.783. The molecule has 0 radical (unpaired) electrons. The molecule has 0 spiro atoms. The predicted molar refractivity (Wildman–Crippen MR) is 99.1 cm³/mol. The lowest BCUT2D eigenvalue weighted by Gasteiger charge is -2.31. The van der Waals surface area contributed by atoms with Crippen molar-refractivity contribution in [3.8, 4) is 5.75 Å². The Labute approximate surface area is 149 Å². The van der Waals surface area contributed by atoms with Crippen molar-refractivity contribution in [2.45, 2.75) is 12.6 Å². The van der Waals surface area contributed by atoms with Gasteiger partial charge in [0.2, 0.25) is 0 Å². The van der Waals surface area contributed by atoms with E-state index in [0.29, 0.717) is 13.2 Å². The number of anilines is 2. The molecular weight excluding hydrogens is 338 g/mol. The van der Waals surface area contributed by atoms with E-state index in [0.717, 1.165) is 35.1 Å². The number of imidazole rings is 1. The van der Waals surface area contributed by atoms with Gasteiger partial charge in [0.05, 0.1) is 36.8 Å². The number of carbonyl (C=O) groups excluding carboxylic acids is 1. The summed E-state index contributed by atoms with van der Waals surface area (Å²) in [6.07, 6.45) is 5.56. The van der Waals surface area contributed by atoms with Crippen LogP contribution in [0.15, 0.2) is 42.2 Å². The number of H-pyrrole nitrogens is 1. The molecule has 7 nitrogen and oxygen atoms in total. The highest BCUT2D eigenvalue weighted by atomic mass is 32.2. The normalized spacial score (nSPS) is 18.6. The molecule has 0 fully saturated rings. The van der Waals surface area contributed by atoms with Gasteiger partial charge in [0.25, 0.3) is 0 Å². The van der Waals surface area contributed by atoms with Crippen LogP contribution < -0.4 is 20.3 Å². The van der Waals surface area contributed by atoms with E-state index >= 15 is 0 Å². The Balaban J connectivity index is 1.47. The second-order valence-electron chi connectivity index (χ2n) is 5.88. The summed E-state index contributed by atoms with van der Waals surface area (Å²) in [5.74, 6) is 1.70. The van der Waals surface area contributed by atoms with Crippen molar-refractivity contribution in [3.63, 3.8) is 0 Å². The predicted octanol–water partition coefficient (Wildman–Crippen LogP) is 2.56. The number of nitrogens with zero attached hydrogens (tertiary/aromatic N) is 2. The third-order valence-corrected chi connectivity index (χ3v) is 4.98. The van der Waals surface area contributed by atoms with Crippen molar-refractivity contribution in [3.05, 3.63) is 47.9 Å². The SMILES string of the molecule is O=C(Nc1ccc2c(c1)N(Cc1c[nH]cn1)CCO2)NC1C=CSC1. The van der Waals surface area contributed by atoms with Gasteiger partial charge in [-0.05, 0) is 23.6 Å². The monoisotopic (exact) mass is 357 g/mol. The molecule has 1 aromatic heterocycles. The van der Waals surface area contributed by atoms with Crippen LogP contribution in [-0.2, 0) is 6.54 Å². The van der Waals surface area contributed by atoms with Crippen LogP contribution in [0.3, 0.4) is 0 Å². The number of ether oxygens (including phenoxy) is 1. The fourth-order valence-corrected chi connectivity index (χ4v) is 3.69. The smallest absolute Gasteiger partial charge is 0.319 e. The molecule has 8 heteroatoms. The van der Waals surface area contributed by atoms with Crippen LogP contribution in [0.2, 0.25) is 0 Å². The molecule has 0 aliphatic carbocycles. The van der Waals surface area contributed by atoms with E-state index in [1.807, 2.05) is 35.9 Å². The molecule has 2 aromatic rings. The summed E-state index contributed by atoms with van der Waals surface area (Å²) in [5.41, 5.74) is 2.67. The van der Waals surface area contributed by atoms with Gasteiger partial charge in [-0.3, -0.25) is 0 Å². The van der Waals surface area contributed by atoms with Crippen LogP contribution in [0, 0.1) is 0 Å². The van der Waals surface area contributed by atoms with Gasteiger partial charge < -0.3 is 25.3 Å². The second kappa shape index (κ2) is 7.10. The first-order valence-electron chi connectivity index (χ1n) is 8.13. The van der Waals surface area contributed by atoms with Crippen LogP contribution in [0.25, 0.3) is 0 Å². The maximum atomic E-state index is 12.1. The van der Waals surface area contributed by atoms with Gasteiger partial charge in [-0.25, -0.2) is 9.78 Å². The summed E-state index contributed by atoms with van der Waals surface area (Å²) < 4.78 is 5.73. The lowest BCUT2D eigenvalue weighted by molar-refractivity contribution is 0.251. The summed E-state index contributed by atoms with van der Waals surface area (Å²) in [4.78, 5) is 21.6. The summed E-state index contributed by atoms with van der Waals surface area (Å²) in [6, 6.07) is 5.58. The zero-order valence-electron chi connectivity index (χ0n) is 13.6. The minimum absolute atomic E-state index is 0.0853. The number of thioether (sulfide) groups is 1. The molecule has 2 amide bonds. The largest absolute Gasteiger partial charge is 0.490 e. The minimum atomic E-state index is -0.201. The van der Waals surface area contributed by atoms with Crippen LogP contribution in [0.1, 0.15) is 5.69 Å². The Bertz CT molecular complexity index is 777. The Hall–Kier alpha value is -2.61. The maximum Gasteiger partial charge on any atom is 0.319 e. The van der Waals surface area contributed by atoms with Gasteiger partial charge in [0.15, 0.2) is 0 Å². The van der Waals surface area contributed by atoms with Crippen LogP contribution in [-0.4, -0.2) is 40.9 Å². The van der Waals surface area contributed by atoms with Gasteiger partial charge in [0.1, 0.15) is 12.4 Å². The molecule has 0 bridgehead atoms. The molecule has 4 rings (SSSR count). The summed E-state index contributed by atoms with van der Waals surface area (Å²) >= 11 is 1.70. The van der Waals surface area contributed by atoms with Gasteiger partial charge in [-0.15, -0.1) is 11.8 Å². The third kappa shape index (κ3) is 3.74. The molecule has 3 heterocycles. The Morgan fingerprint density at radius 1 is 1.48 bits per heavy atom. The number of aromatic amines is 1. The van der Waals surface area contributed by atoms with Crippen molar-refractivity contribution in [1.82, 2.24) is 15.3 Å². The fourth-order valence-electron chi connectivity index (χ4n) is 2.88. The molecule has 1 aromatic carbocycles. The average molecular weight is 357 g/mol. The summed E-state index contributed by atoms with van der Waals surface area (Å²) in [6.45, 7) is 2.11. The first kappa shape index (κ1) is 15.9. The van der Waals surface area contributed by atoms with E-state index < -0.39 is 0 Å². The van der Waals surface area contributed by atoms with E-state index in [9.17, 15) is 4.79 Å². The molecule has 25 heavy (non-hydrogen) atoms. The van der Waals surface area contributed by atoms with Gasteiger partial charge >= 0.3 is 6.03 Å². The number of benzene rings is 1. The van der Waals surface area contributed by atoms with E-state index in [1.165, 1.54) is 0 Å². The second-order valence-corrected chi connectivity index (χ2v) is 6.82. The van der Waals surface area contributed by atoms with Crippen molar-refractivity contribution in [2.75, 3.05) is 29.1 Å². The van der Waals surface area contributed by atoms with Crippen molar-refractivity contribution < 1.29 is 9.53 Å². The van der Waals surface area contributed by atoms with Crippen LogP contribution >= 0.6 is 11.8 Å². The molecule has 2 aliphatic heterocycles. The molecule has 0 saturated carbocycles. The summed E-state index contributed by atoms with van der Waals surface area (Å²) in [7, 11) is 0. The molecule has 1 unspecified atom stereocenters. The summed E-state index contributed by atoms with van der Waals surface area (Å²) in [5, 5.41) is 7.85. The van der Waals surface area contributed by atoms with Crippen LogP contribution in [0.5, 0.6) is 5.75 Å². The van der Waals surface area contributed by atoms with E-state index in [4.69, 9.17) is 4.74 Å². The van der Waals surface area contributed by atoms with E-state index in [1.54, 1.807) is 18.1 Å². The van der Waals surface area contributed by atoms with Gasteiger partial charge in [-0.1, -0.05) is 6.08 Å². The highest BCUT2D eigenvalue weighted by molar-refractivity contribution is 8.02. The van der Waals surface area contributed by atoms with E-state index in [2.05, 4.69) is 25.5 Å². The van der Waals surface area contributed by atoms with E-state index in [-0.39, 0.29) is 12.1 Å². The standard InChI is InChI=1S/C17H19N5O2S/c23-17(21-13-3-6-25-10-13)20-12-1-2-16-15(7-12)22(4-5-24-16)9-14-8-18-11-19-14/h1-3,6-8,11,13H,4-5,9-10H2,(H,18,19)(H2,20,21,23). The first-order valence-corrected chi connectivity index (χ1v) is 9.18. The number of aromatic nitrogens is 2. The van der Waals surface area contributed by atoms with Crippen molar-refractivity contribution in [2.24, 2.45) is 0 Å². The molecule has 0 saturated heterocycles. The highest BCUT2D eigenvalue weighted by Gasteiger charge is 2.20. The zero-order valence-corrected chi connectivity index (χ0v) is 14.4. The lowest BCUT2D eigenvalue weighted by atomic mass is 10.2. The number of rotatable bonds is 4. The molecule has 1 atom stereocenters. The number of hydrogen-bond donors (Lipinski definition) is 3. The fraction of sp³-hybridized carbons (Fsp3) is 0.294. The number of hydrogen-bond acceptors (Lipinski definition) is 5. The number of fused-ring (bicyclic) bond motifs is 1. The third-order valence-electron chi connectivity index (χ3n) is 4.08. The van der Waals surface area contributed by atoms with Gasteiger partial charge in [-0.2, -0.15) is 0 Å². The van der Waals surface area contributed by atoms with Crippen LogP contribution in [0.4, 0.5) is 16.2 Å². The first-order chi connectivity index (χ1) is 12.3. The van der Waals surface area contributed by atoms with Crippen molar-refractivity contribution >= 4 is 29.2 Å². The van der Waals surface area contributed by atoms with Crippen molar-refractivity contribution in [1.29, 1.82) is 0 Å². The number of amides is 2. The molecular formula is C17H19N5O2S.